The van der Waals surface area contributed by atoms with Gasteiger partial charge >= 0.3 is 0 Å². The van der Waals surface area contributed by atoms with Crippen molar-refractivity contribution in [2.45, 2.75) is 19.4 Å². The van der Waals surface area contributed by atoms with Crippen molar-refractivity contribution in [2.24, 2.45) is 9.98 Å². The van der Waals surface area contributed by atoms with Gasteiger partial charge in [0.05, 0.1) is 18.9 Å². The number of anilines is 1. The van der Waals surface area contributed by atoms with Crippen LogP contribution in [0.15, 0.2) is 82.9 Å². The summed E-state index contributed by atoms with van der Waals surface area (Å²) < 4.78 is 11.3. The topological polar surface area (TPSA) is 58.5 Å². The van der Waals surface area contributed by atoms with Gasteiger partial charge in [0, 0.05) is 50.6 Å². The molecule has 2 heterocycles. The van der Waals surface area contributed by atoms with Crippen molar-refractivity contribution in [3.05, 3.63) is 84.1 Å². The molecule has 2 aliphatic rings. The fourth-order valence-electron chi connectivity index (χ4n) is 3.67. The fourth-order valence-corrected chi connectivity index (χ4v) is 3.67. The molecule has 4 rings (SSSR count). The summed E-state index contributed by atoms with van der Waals surface area (Å²) in [6, 6.07) is 16.5. The minimum Gasteiger partial charge on any atom is -0.493 e. The largest absolute Gasteiger partial charge is 0.493 e. The molecule has 166 valence electrons. The third-order valence-electron chi connectivity index (χ3n) is 5.31. The van der Waals surface area contributed by atoms with E-state index >= 15 is 0 Å². The predicted molar refractivity (Wildman–Crippen MR) is 131 cm³/mol. The summed E-state index contributed by atoms with van der Waals surface area (Å²) in [6.45, 7) is 3.91. The molecule has 0 fully saturated rings. The van der Waals surface area contributed by atoms with E-state index in [9.17, 15) is 0 Å². The molecule has 2 aromatic rings. The van der Waals surface area contributed by atoms with Crippen molar-refractivity contribution in [3.63, 3.8) is 0 Å². The molecule has 0 saturated heterocycles. The Bertz CT molecular complexity index is 1030. The fraction of sp³-hybridized carbons (Fsp3) is 0.308. The van der Waals surface area contributed by atoms with Crippen LogP contribution >= 0.6 is 0 Å². The number of aliphatic imine (C=N–C) groups is 2. The quantitative estimate of drug-likeness (QED) is 0.721. The van der Waals surface area contributed by atoms with E-state index in [2.05, 4.69) is 57.7 Å². The number of fused-ring (bicyclic) bond motifs is 6. The van der Waals surface area contributed by atoms with Gasteiger partial charge in [0.25, 0.3) is 0 Å². The molecule has 6 nitrogen and oxygen atoms in total. The van der Waals surface area contributed by atoms with Crippen LogP contribution in [-0.2, 0) is 11.3 Å². The lowest BCUT2D eigenvalue weighted by Crippen LogP contribution is -2.27. The van der Waals surface area contributed by atoms with Crippen LogP contribution < -0.4 is 10.1 Å². The van der Waals surface area contributed by atoms with Gasteiger partial charge in [-0.15, -0.1) is 0 Å². The monoisotopic (exact) mass is 430 g/mol. The van der Waals surface area contributed by atoms with Gasteiger partial charge < -0.3 is 14.8 Å². The second-order valence-corrected chi connectivity index (χ2v) is 7.79. The highest BCUT2D eigenvalue weighted by molar-refractivity contribution is 6.11. The first-order valence-corrected chi connectivity index (χ1v) is 11.1. The molecule has 0 aromatic heterocycles. The van der Waals surface area contributed by atoms with E-state index in [4.69, 9.17) is 14.5 Å². The van der Waals surface area contributed by atoms with E-state index < -0.39 is 0 Å². The van der Waals surface area contributed by atoms with E-state index in [-0.39, 0.29) is 0 Å². The van der Waals surface area contributed by atoms with Gasteiger partial charge in [0.15, 0.2) is 0 Å². The van der Waals surface area contributed by atoms with Crippen LogP contribution in [0.5, 0.6) is 5.75 Å². The SMILES string of the molecule is COCCN1C/C=C/CCOc2cccc(c2)C2=NC(=NC=CC2)Nc2cccc(c2)C1. The third-order valence-corrected chi connectivity index (χ3v) is 5.31. The molecule has 6 bridgehead atoms. The standard InChI is InChI=1S/C26H30N4O2/c1-31-17-15-30-14-3-2-4-16-32-24-11-6-9-22(19-24)25-12-7-13-27-26(29-25)28-23-10-5-8-21(18-23)20-30/h2-3,5-11,13,18-19H,4,12,14-17,20H2,1H3,(H,27,28)/b3-2+. The summed E-state index contributed by atoms with van der Waals surface area (Å²) in [4.78, 5) is 11.7. The van der Waals surface area contributed by atoms with Crippen molar-refractivity contribution in [2.75, 3.05) is 38.7 Å². The number of hydrogen-bond donors (Lipinski definition) is 1. The van der Waals surface area contributed by atoms with Crippen molar-refractivity contribution < 1.29 is 9.47 Å². The Morgan fingerprint density at radius 2 is 2.03 bits per heavy atom. The lowest BCUT2D eigenvalue weighted by molar-refractivity contribution is 0.151. The number of methoxy groups -OCH3 is 1. The Morgan fingerprint density at radius 3 is 2.97 bits per heavy atom. The minimum atomic E-state index is 0.581. The highest BCUT2D eigenvalue weighted by Gasteiger charge is 2.10. The summed E-state index contributed by atoms with van der Waals surface area (Å²) in [7, 11) is 1.74. The van der Waals surface area contributed by atoms with E-state index in [0.29, 0.717) is 19.2 Å². The first-order chi connectivity index (χ1) is 15.8. The molecule has 2 aromatic carbocycles. The van der Waals surface area contributed by atoms with Crippen LogP contribution in [-0.4, -0.2) is 50.0 Å². The minimum absolute atomic E-state index is 0.581. The second-order valence-electron chi connectivity index (χ2n) is 7.79. The van der Waals surface area contributed by atoms with Gasteiger partial charge in [-0.1, -0.05) is 42.5 Å². The molecule has 0 saturated carbocycles. The van der Waals surface area contributed by atoms with E-state index in [1.54, 1.807) is 7.11 Å². The Morgan fingerprint density at radius 1 is 1.09 bits per heavy atom. The van der Waals surface area contributed by atoms with E-state index in [0.717, 1.165) is 55.2 Å². The number of rotatable bonds is 3. The zero-order valence-corrected chi connectivity index (χ0v) is 18.5. The normalized spacial score (nSPS) is 18.2. The number of allylic oxidation sites excluding steroid dienone is 1. The highest BCUT2D eigenvalue weighted by Crippen LogP contribution is 2.19. The maximum absolute atomic E-state index is 5.98. The average Bonchev–Trinajstić information content (AvgIpc) is 3.05. The smallest absolute Gasteiger partial charge is 0.227 e. The zero-order valence-electron chi connectivity index (χ0n) is 18.5. The van der Waals surface area contributed by atoms with Crippen LogP contribution in [0, 0.1) is 0 Å². The average molecular weight is 431 g/mol. The molecule has 0 amide bonds. The molecule has 6 heteroatoms. The summed E-state index contributed by atoms with van der Waals surface area (Å²) in [6.07, 6.45) is 9.82. The van der Waals surface area contributed by atoms with Crippen LogP contribution in [0.4, 0.5) is 5.69 Å². The van der Waals surface area contributed by atoms with Gasteiger partial charge in [-0.25, -0.2) is 9.98 Å². The molecule has 2 aliphatic heterocycles. The summed E-state index contributed by atoms with van der Waals surface area (Å²) in [5.74, 6) is 1.44. The van der Waals surface area contributed by atoms with Gasteiger partial charge in [-0.3, -0.25) is 4.90 Å². The van der Waals surface area contributed by atoms with Gasteiger partial charge in [0.1, 0.15) is 5.75 Å². The first kappa shape index (κ1) is 22.0. The van der Waals surface area contributed by atoms with Gasteiger partial charge in [-0.2, -0.15) is 0 Å². The van der Waals surface area contributed by atoms with Crippen molar-refractivity contribution in [1.82, 2.24) is 4.90 Å². The van der Waals surface area contributed by atoms with Crippen molar-refractivity contribution in [3.8, 4) is 5.75 Å². The number of guanidine groups is 1. The molecule has 32 heavy (non-hydrogen) atoms. The van der Waals surface area contributed by atoms with Crippen LogP contribution in [0.2, 0.25) is 0 Å². The number of hydrogen-bond acceptors (Lipinski definition) is 6. The molecule has 1 N–H and O–H groups in total. The number of nitrogens with zero attached hydrogens (tertiary/aromatic N) is 3. The van der Waals surface area contributed by atoms with Gasteiger partial charge in [0.2, 0.25) is 5.96 Å². The molecule has 0 aliphatic carbocycles. The molecule has 0 atom stereocenters. The Hall–Kier alpha value is -3.22. The summed E-state index contributed by atoms with van der Waals surface area (Å²) >= 11 is 0. The maximum atomic E-state index is 5.98. The van der Waals surface area contributed by atoms with Crippen molar-refractivity contribution in [1.29, 1.82) is 0 Å². The first-order valence-electron chi connectivity index (χ1n) is 11.1. The highest BCUT2D eigenvalue weighted by atomic mass is 16.5. The van der Waals surface area contributed by atoms with E-state index in [1.165, 1.54) is 5.56 Å². The maximum Gasteiger partial charge on any atom is 0.227 e. The lowest BCUT2D eigenvalue weighted by Gasteiger charge is -2.21. The lowest BCUT2D eigenvalue weighted by atomic mass is 10.1. The second kappa shape index (κ2) is 11.4. The van der Waals surface area contributed by atoms with Crippen LogP contribution in [0.3, 0.4) is 0 Å². The van der Waals surface area contributed by atoms with Gasteiger partial charge in [-0.05, 0) is 36.2 Å². The predicted octanol–water partition coefficient (Wildman–Crippen LogP) is 4.65. The number of nitrogens with one attached hydrogen (secondary N) is 1. The third kappa shape index (κ3) is 6.39. The summed E-state index contributed by atoms with van der Waals surface area (Å²) in [5, 5.41) is 3.38. The molecule has 0 unspecified atom stereocenters. The Kier molecular flexibility index (Phi) is 7.84. The van der Waals surface area contributed by atoms with Crippen LogP contribution in [0.25, 0.3) is 0 Å². The number of benzene rings is 2. The Labute approximate surface area is 190 Å². The molecular weight excluding hydrogens is 400 g/mol. The van der Waals surface area contributed by atoms with E-state index in [1.807, 2.05) is 30.5 Å². The molecular formula is C26H30N4O2. The van der Waals surface area contributed by atoms with Crippen molar-refractivity contribution >= 4 is 17.4 Å². The molecule has 0 spiro atoms. The zero-order chi connectivity index (χ0) is 22.0. The number of ether oxygens (including phenoxy) is 2. The Balaban J connectivity index is 1.64. The van der Waals surface area contributed by atoms with Crippen LogP contribution in [0.1, 0.15) is 24.0 Å². The summed E-state index contributed by atoms with van der Waals surface area (Å²) in [5.41, 5.74) is 4.20. The molecule has 0 radical (unpaired) electrons.